The van der Waals surface area contributed by atoms with Crippen LogP contribution in [0.25, 0.3) is 0 Å². The van der Waals surface area contributed by atoms with Crippen LogP contribution in [-0.4, -0.2) is 41.8 Å². The first-order chi connectivity index (χ1) is 11.0. The molecule has 0 radical (unpaired) electrons. The number of rotatable bonds is 4. The van der Waals surface area contributed by atoms with E-state index in [1.165, 1.54) is 33.9 Å². The van der Waals surface area contributed by atoms with Crippen molar-refractivity contribution in [3.8, 4) is 0 Å². The van der Waals surface area contributed by atoms with Crippen LogP contribution in [0.4, 0.5) is 5.82 Å². The molecular formula is C12H13N5O6. The molecule has 3 rings (SSSR count). The van der Waals surface area contributed by atoms with Crippen LogP contribution in [0.2, 0.25) is 0 Å². The Morgan fingerprint density at radius 3 is 2.91 bits per heavy atom. The highest BCUT2D eigenvalue weighted by Gasteiger charge is 2.38. The lowest BCUT2D eigenvalue weighted by molar-refractivity contribution is -0.389. The van der Waals surface area contributed by atoms with Gasteiger partial charge in [-0.15, -0.1) is 0 Å². The summed E-state index contributed by atoms with van der Waals surface area (Å²) in [6.07, 6.45) is 2.75. The summed E-state index contributed by atoms with van der Waals surface area (Å²) in [7, 11) is 0. The van der Waals surface area contributed by atoms with Crippen LogP contribution in [0.15, 0.2) is 34.4 Å². The first-order valence-corrected chi connectivity index (χ1v) is 6.75. The highest BCUT2D eigenvalue weighted by Crippen LogP contribution is 2.36. The molecule has 0 amide bonds. The molecule has 0 bridgehead atoms. The average Bonchev–Trinajstić information content (AvgIpc) is 3.13. The fraction of sp³-hybridized carbons (Fsp3) is 0.417. The molecule has 0 spiro atoms. The fourth-order valence-electron chi connectivity index (χ4n) is 2.62. The summed E-state index contributed by atoms with van der Waals surface area (Å²) in [4.78, 5) is 38.8. The lowest BCUT2D eigenvalue weighted by Gasteiger charge is -2.15. The van der Waals surface area contributed by atoms with E-state index >= 15 is 0 Å². The number of imidazole rings is 1. The SMILES string of the molecule is O=c1ccn([C@H]2CC(n3cnc([N+](=O)[O-])c3)[C@@H](CO)O2)c(=O)[nH]1. The van der Waals surface area contributed by atoms with Gasteiger partial charge in [-0.3, -0.25) is 14.3 Å². The van der Waals surface area contributed by atoms with E-state index in [4.69, 9.17) is 4.74 Å². The van der Waals surface area contributed by atoms with Gasteiger partial charge in [-0.1, -0.05) is 0 Å². The van der Waals surface area contributed by atoms with Crippen molar-refractivity contribution in [3.63, 3.8) is 0 Å². The van der Waals surface area contributed by atoms with Gasteiger partial charge in [-0.2, -0.15) is 0 Å². The normalized spacial score (nSPS) is 24.0. The summed E-state index contributed by atoms with van der Waals surface area (Å²) >= 11 is 0. The number of hydrogen-bond acceptors (Lipinski definition) is 7. The molecule has 11 nitrogen and oxygen atoms in total. The summed E-state index contributed by atoms with van der Waals surface area (Å²) < 4.78 is 8.31. The van der Waals surface area contributed by atoms with E-state index in [1.54, 1.807) is 0 Å². The minimum atomic E-state index is -0.706. The van der Waals surface area contributed by atoms with Crippen molar-refractivity contribution in [1.82, 2.24) is 19.1 Å². The standard InChI is InChI=1S/C12H13N5O6/c18-5-8-7(15-4-9(13-6-15)17(21)22)3-11(23-8)16-2-1-10(19)14-12(16)20/h1-2,4,6-8,11,18H,3,5H2,(H,14,19,20)/t7?,8-,11-/m1/s1. The predicted octanol–water partition coefficient (Wildman–Crippen LogP) is -0.838. The smallest absolute Gasteiger partial charge is 0.381 e. The number of nitro groups is 1. The molecule has 1 unspecified atom stereocenters. The Bertz CT molecular complexity index is 839. The zero-order chi connectivity index (χ0) is 16.6. The second kappa shape index (κ2) is 5.78. The van der Waals surface area contributed by atoms with E-state index in [-0.39, 0.29) is 18.8 Å². The zero-order valence-electron chi connectivity index (χ0n) is 11.7. The fourth-order valence-corrected chi connectivity index (χ4v) is 2.62. The van der Waals surface area contributed by atoms with Crippen molar-refractivity contribution >= 4 is 5.82 Å². The Kier molecular flexibility index (Phi) is 3.80. The van der Waals surface area contributed by atoms with Gasteiger partial charge >= 0.3 is 11.5 Å². The Balaban J connectivity index is 1.89. The molecule has 1 aliphatic rings. The van der Waals surface area contributed by atoms with Gasteiger partial charge in [0.2, 0.25) is 6.33 Å². The van der Waals surface area contributed by atoms with Gasteiger partial charge in [-0.05, 0) is 9.91 Å². The van der Waals surface area contributed by atoms with Gasteiger partial charge < -0.3 is 24.5 Å². The van der Waals surface area contributed by atoms with Crippen molar-refractivity contribution in [2.75, 3.05) is 6.61 Å². The lowest BCUT2D eigenvalue weighted by Crippen LogP contribution is -2.31. The number of aliphatic hydroxyl groups is 1. The Morgan fingerprint density at radius 1 is 1.52 bits per heavy atom. The van der Waals surface area contributed by atoms with Crippen LogP contribution in [0, 0.1) is 10.1 Å². The summed E-state index contributed by atoms with van der Waals surface area (Å²) in [5.41, 5.74) is -1.15. The van der Waals surface area contributed by atoms with E-state index in [0.717, 1.165) is 0 Å². The van der Waals surface area contributed by atoms with Crippen molar-refractivity contribution in [1.29, 1.82) is 0 Å². The largest absolute Gasteiger partial charge is 0.394 e. The molecule has 0 aliphatic carbocycles. The molecule has 3 atom stereocenters. The molecule has 0 saturated carbocycles. The Morgan fingerprint density at radius 2 is 2.30 bits per heavy atom. The second-order valence-corrected chi connectivity index (χ2v) is 5.07. The highest BCUT2D eigenvalue weighted by molar-refractivity contribution is 5.13. The van der Waals surface area contributed by atoms with Crippen molar-refractivity contribution in [2.45, 2.75) is 24.8 Å². The number of hydrogen-bond donors (Lipinski definition) is 2. The van der Waals surface area contributed by atoms with Gasteiger partial charge in [0.05, 0.1) is 12.6 Å². The average molecular weight is 323 g/mol. The molecule has 23 heavy (non-hydrogen) atoms. The zero-order valence-corrected chi connectivity index (χ0v) is 11.7. The third-order valence-electron chi connectivity index (χ3n) is 3.70. The molecule has 3 heterocycles. The maximum atomic E-state index is 11.8. The molecule has 122 valence electrons. The van der Waals surface area contributed by atoms with Gasteiger partial charge in [-0.25, -0.2) is 4.79 Å². The van der Waals surface area contributed by atoms with Crippen LogP contribution in [0.1, 0.15) is 18.7 Å². The van der Waals surface area contributed by atoms with E-state index in [2.05, 4.69) is 9.97 Å². The topological polar surface area (TPSA) is 145 Å². The van der Waals surface area contributed by atoms with Crippen LogP contribution in [0.3, 0.4) is 0 Å². The van der Waals surface area contributed by atoms with Crippen LogP contribution in [-0.2, 0) is 4.74 Å². The molecule has 1 fully saturated rings. The number of aliphatic hydroxyl groups excluding tert-OH is 1. The first-order valence-electron chi connectivity index (χ1n) is 6.75. The quantitative estimate of drug-likeness (QED) is 0.551. The summed E-state index contributed by atoms with van der Waals surface area (Å²) in [5, 5.41) is 20.2. The second-order valence-electron chi connectivity index (χ2n) is 5.07. The van der Waals surface area contributed by atoms with E-state index in [1.807, 2.05) is 0 Å². The molecular weight excluding hydrogens is 310 g/mol. The van der Waals surface area contributed by atoms with Crippen LogP contribution < -0.4 is 11.2 Å². The van der Waals surface area contributed by atoms with Gasteiger partial charge in [0, 0.05) is 18.7 Å². The number of nitrogens with one attached hydrogen (secondary N) is 1. The minimum Gasteiger partial charge on any atom is -0.394 e. The molecule has 1 saturated heterocycles. The number of ether oxygens (including phenoxy) is 1. The predicted molar refractivity (Wildman–Crippen MR) is 74.9 cm³/mol. The Hall–Kier alpha value is -2.79. The summed E-state index contributed by atoms with van der Waals surface area (Å²) in [5.74, 6) is -0.314. The molecule has 11 heteroatoms. The van der Waals surface area contributed by atoms with Crippen molar-refractivity contribution in [3.05, 3.63) is 55.7 Å². The van der Waals surface area contributed by atoms with Crippen molar-refractivity contribution in [2.24, 2.45) is 0 Å². The number of nitrogens with zero attached hydrogens (tertiary/aromatic N) is 4. The van der Waals surface area contributed by atoms with Crippen molar-refractivity contribution < 1.29 is 14.8 Å². The highest BCUT2D eigenvalue weighted by atomic mass is 16.6. The molecule has 2 N–H and O–H groups in total. The monoisotopic (exact) mass is 323 g/mol. The van der Waals surface area contributed by atoms with E-state index in [9.17, 15) is 24.8 Å². The molecule has 0 aromatic carbocycles. The third-order valence-corrected chi connectivity index (χ3v) is 3.70. The lowest BCUT2D eigenvalue weighted by atomic mass is 10.1. The van der Waals surface area contributed by atoms with E-state index in [0.29, 0.717) is 0 Å². The van der Waals surface area contributed by atoms with Crippen LogP contribution in [0.5, 0.6) is 0 Å². The molecule has 1 aliphatic heterocycles. The maximum Gasteiger partial charge on any atom is 0.381 e. The molecule has 2 aromatic rings. The van der Waals surface area contributed by atoms with Gasteiger partial charge in [0.1, 0.15) is 18.5 Å². The summed E-state index contributed by atoms with van der Waals surface area (Å²) in [6, 6.07) is 0.763. The number of H-pyrrole nitrogens is 1. The summed E-state index contributed by atoms with van der Waals surface area (Å²) in [6.45, 7) is -0.328. The minimum absolute atomic E-state index is 0.282. The van der Waals surface area contributed by atoms with E-state index < -0.39 is 34.5 Å². The number of aromatic amines is 1. The Labute approximate surface area is 127 Å². The third kappa shape index (κ3) is 2.78. The first kappa shape index (κ1) is 15.1. The molecule has 2 aromatic heterocycles. The maximum absolute atomic E-state index is 11.8. The van der Waals surface area contributed by atoms with Gasteiger partial charge in [0.25, 0.3) is 5.56 Å². The van der Waals surface area contributed by atoms with Crippen LogP contribution >= 0.6 is 0 Å². The number of aromatic nitrogens is 4. The van der Waals surface area contributed by atoms with Gasteiger partial charge in [0.15, 0.2) is 0 Å².